The van der Waals surface area contributed by atoms with Gasteiger partial charge in [0.2, 0.25) is 0 Å². The van der Waals surface area contributed by atoms with Crippen LogP contribution in [0.1, 0.15) is 97.3 Å². The van der Waals surface area contributed by atoms with E-state index in [9.17, 15) is 9.59 Å². The second-order valence-electron chi connectivity index (χ2n) is 8.40. The van der Waals surface area contributed by atoms with E-state index in [1.807, 2.05) is 13.8 Å². The number of piperidine rings is 1. The van der Waals surface area contributed by atoms with Crippen molar-refractivity contribution in [3.05, 3.63) is 22.5 Å². The lowest BCUT2D eigenvalue weighted by Gasteiger charge is -2.48. The van der Waals surface area contributed by atoms with Crippen molar-refractivity contribution in [2.45, 2.75) is 84.1 Å². The molecule has 1 aromatic heterocycles. The fraction of sp³-hybridized carbons (Fsp3) is 0.727. The summed E-state index contributed by atoms with van der Waals surface area (Å²) >= 11 is 0. The number of rotatable bonds is 6. The molecule has 1 amide bonds. The summed E-state index contributed by atoms with van der Waals surface area (Å²) in [4.78, 5) is 30.8. The Morgan fingerprint density at radius 2 is 1.70 bits per heavy atom. The van der Waals surface area contributed by atoms with Gasteiger partial charge in [-0.1, -0.05) is 32.6 Å². The van der Waals surface area contributed by atoms with Crippen LogP contribution in [0, 0.1) is 6.92 Å². The Labute approximate surface area is 163 Å². The minimum atomic E-state index is -0.0654. The number of nitrogens with zero attached hydrogens (tertiary/aromatic N) is 1. The van der Waals surface area contributed by atoms with Gasteiger partial charge in [-0.3, -0.25) is 14.5 Å². The number of ketones is 1. The molecule has 150 valence electrons. The highest BCUT2D eigenvalue weighted by atomic mass is 16.2. The van der Waals surface area contributed by atoms with Gasteiger partial charge in [0, 0.05) is 23.3 Å². The van der Waals surface area contributed by atoms with Crippen LogP contribution in [0.5, 0.6) is 0 Å². The van der Waals surface area contributed by atoms with Gasteiger partial charge in [0.25, 0.3) is 5.91 Å². The average Bonchev–Trinajstić information content (AvgIpc) is 3.04. The van der Waals surface area contributed by atoms with Gasteiger partial charge in [0.05, 0.1) is 0 Å². The first-order valence-corrected chi connectivity index (χ1v) is 10.7. The lowest BCUT2D eigenvalue weighted by molar-refractivity contribution is 0.0326. The number of amides is 1. The molecule has 0 radical (unpaired) electrons. The SMILES string of the molecule is CCc1c(C(=O)NCC2(N3CCCCC3)CCCCC2)[nH]c(C)c1C(C)=O. The van der Waals surface area contributed by atoms with Crippen molar-refractivity contribution in [2.75, 3.05) is 19.6 Å². The van der Waals surface area contributed by atoms with Crippen molar-refractivity contribution in [3.8, 4) is 0 Å². The van der Waals surface area contributed by atoms with Crippen LogP contribution in [0.4, 0.5) is 0 Å². The summed E-state index contributed by atoms with van der Waals surface area (Å²) in [5, 5.41) is 3.24. The topological polar surface area (TPSA) is 65.2 Å². The monoisotopic (exact) mass is 373 g/mol. The fourth-order valence-electron chi connectivity index (χ4n) is 5.22. The Kier molecular flexibility index (Phi) is 6.40. The van der Waals surface area contributed by atoms with Gasteiger partial charge in [-0.25, -0.2) is 0 Å². The smallest absolute Gasteiger partial charge is 0.268 e. The highest BCUT2D eigenvalue weighted by Gasteiger charge is 2.38. The molecule has 1 saturated carbocycles. The maximum atomic E-state index is 13.0. The molecule has 0 aromatic carbocycles. The summed E-state index contributed by atoms with van der Waals surface area (Å²) in [6.45, 7) is 8.48. The zero-order chi connectivity index (χ0) is 19.4. The quantitative estimate of drug-likeness (QED) is 0.741. The minimum Gasteiger partial charge on any atom is -0.354 e. The van der Waals surface area contributed by atoms with E-state index in [0.29, 0.717) is 24.2 Å². The van der Waals surface area contributed by atoms with Gasteiger partial charge in [0.1, 0.15) is 5.69 Å². The van der Waals surface area contributed by atoms with E-state index in [-0.39, 0.29) is 17.2 Å². The first-order chi connectivity index (χ1) is 13.0. The molecule has 0 spiro atoms. The van der Waals surface area contributed by atoms with Crippen molar-refractivity contribution in [3.63, 3.8) is 0 Å². The number of carbonyl (C=O) groups is 2. The molecule has 5 heteroatoms. The molecule has 1 saturated heterocycles. The molecule has 0 atom stereocenters. The molecule has 2 fully saturated rings. The number of likely N-dealkylation sites (tertiary alicyclic amines) is 1. The van der Waals surface area contributed by atoms with Crippen LogP contribution in [0.25, 0.3) is 0 Å². The number of Topliss-reactive ketones (excluding diaryl/α,β-unsaturated/α-hetero) is 1. The highest BCUT2D eigenvalue weighted by Crippen LogP contribution is 2.35. The maximum Gasteiger partial charge on any atom is 0.268 e. The van der Waals surface area contributed by atoms with E-state index >= 15 is 0 Å². The lowest BCUT2D eigenvalue weighted by atomic mass is 9.79. The first kappa shape index (κ1) is 20.1. The first-order valence-electron chi connectivity index (χ1n) is 10.7. The largest absolute Gasteiger partial charge is 0.354 e. The predicted octanol–water partition coefficient (Wildman–Crippen LogP) is 4.01. The third-order valence-electron chi connectivity index (χ3n) is 6.61. The summed E-state index contributed by atoms with van der Waals surface area (Å²) in [5.41, 5.74) is 3.03. The molecule has 5 nitrogen and oxygen atoms in total. The fourth-order valence-corrected chi connectivity index (χ4v) is 5.22. The third-order valence-corrected chi connectivity index (χ3v) is 6.61. The van der Waals surface area contributed by atoms with Crippen LogP contribution in [-0.2, 0) is 6.42 Å². The highest BCUT2D eigenvalue weighted by molar-refractivity contribution is 6.02. The molecule has 2 N–H and O–H groups in total. The number of aromatic nitrogens is 1. The number of hydrogen-bond acceptors (Lipinski definition) is 3. The van der Waals surface area contributed by atoms with Gasteiger partial charge in [-0.15, -0.1) is 0 Å². The molecule has 2 heterocycles. The zero-order valence-corrected chi connectivity index (χ0v) is 17.2. The summed E-state index contributed by atoms with van der Waals surface area (Å²) in [7, 11) is 0. The Morgan fingerprint density at radius 1 is 1.07 bits per heavy atom. The molecule has 1 aliphatic carbocycles. The normalized spacial score (nSPS) is 20.4. The van der Waals surface area contributed by atoms with Gasteiger partial charge >= 0.3 is 0 Å². The summed E-state index contributed by atoms with van der Waals surface area (Å²) in [5.74, 6) is -0.0406. The molecule has 0 unspecified atom stereocenters. The van der Waals surface area contributed by atoms with E-state index in [4.69, 9.17) is 0 Å². The van der Waals surface area contributed by atoms with Gasteiger partial charge < -0.3 is 10.3 Å². The Morgan fingerprint density at radius 3 is 2.30 bits per heavy atom. The van der Waals surface area contributed by atoms with E-state index in [1.165, 1.54) is 51.4 Å². The van der Waals surface area contributed by atoms with Crippen LogP contribution in [0.3, 0.4) is 0 Å². The van der Waals surface area contributed by atoms with Crippen LogP contribution in [0.15, 0.2) is 0 Å². The van der Waals surface area contributed by atoms with Crippen molar-refractivity contribution < 1.29 is 9.59 Å². The van der Waals surface area contributed by atoms with E-state index in [2.05, 4.69) is 15.2 Å². The van der Waals surface area contributed by atoms with Gasteiger partial charge in [-0.2, -0.15) is 0 Å². The van der Waals surface area contributed by atoms with Crippen LogP contribution in [0.2, 0.25) is 0 Å². The van der Waals surface area contributed by atoms with E-state index in [1.54, 1.807) is 6.92 Å². The molecule has 1 aromatic rings. The second kappa shape index (κ2) is 8.59. The second-order valence-corrected chi connectivity index (χ2v) is 8.40. The number of nitrogens with one attached hydrogen (secondary N) is 2. The molecule has 0 bridgehead atoms. The van der Waals surface area contributed by atoms with Crippen LogP contribution >= 0.6 is 0 Å². The number of hydrogen-bond donors (Lipinski definition) is 2. The van der Waals surface area contributed by atoms with Crippen molar-refractivity contribution in [1.29, 1.82) is 0 Å². The minimum absolute atomic E-state index is 0.0247. The molecule has 2 aliphatic rings. The van der Waals surface area contributed by atoms with E-state index in [0.717, 1.165) is 24.3 Å². The van der Waals surface area contributed by atoms with Crippen molar-refractivity contribution in [1.82, 2.24) is 15.2 Å². The van der Waals surface area contributed by atoms with Gasteiger partial charge in [-0.05, 0) is 64.6 Å². The standard InChI is InChI=1S/C22H35N3O2/c1-4-18-19(17(3)26)16(2)24-20(18)21(27)23-15-22(11-7-5-8-12-22)25-13-9-6-10-14-25/h24H,4-15H2,1-3H3,(H,23,27). The molecule has 27 heavy (non-hydrogen) atoms. The molecule has 3 rings (SSSR count). The third kappa shape index (κ3) is 4.13. The number of carbonyl (C=O) groups excluding carboxylic acids is 2. The predicted molar refractivity (Wildman–Crippen MR) is 108 cm³/mol. The molecular formula is C22H35N3O2. The number of H-pyrrole nitrogens is 1. The van der Waals surface area contributed by atoms with E-state index < -0.39 is 0 Å². The Hall–Kier alpha value is -1.62. The number of aromatic amines is 1. The van der Waals surface area contributed by atoms with Crippen molar-refractivity contribution in [2.24, 2.45) is 0 Å². The van der Waals surface area contributed by atoms with Crippen molar-refractivity contribution >= 4 is 11.7 Å². The Bertz CT molecular complexity index is 680. The summed E-state index contributed by atoms with van der Waals surface area (Å²) < 4.78 is 0. The lowest BCUT2D eigenvalue weighted by Crippen LogP contribution is -2.58. The summed E-state index contributed by atoms with van der Waals surface area (Å²) in [6.07, 6.45) is 10.7. The van der Waals surface area contributed by atoms with Gasteiger partial charge in [0.15, 0.2) is 5.78 Å². The zero-order valence-electron chi connectivity index (χ0n) is 17.2. The molecular weight excluding hydrogens is 338 g/mol. The van der Waals surface area contributed by atoms with Crippen LogP contribution in [-0.4, -0.2) is 46.7 Å². The maximum absolute atomic E-state index is 13.0. The molecule has 1 aliphatic heterocycles. The summed E-state index contributed by atoms with van der Waals surface area (Å²) in [6, 6.07) is 0. The number of aryl methyl sites for hydroxylation is 1. The average molecular weight is 374 g/mol. The Balaban J connectivity index is 1.76. The van der Waals surface area contributed by atoms with Crippen LogP contribution < -0.4 is 5.32 Å².